The van der Waals surface area contributed by atoms with Crippen LogP contribution in [0.4, 0.5) is 0 Å². The predicted octanol–water partition coefficient (Wildman–Crippen LogP) is 5.09. The largest absolute Gasteiger partial charge is 0.496 e. The molecule has 0 spiro atoms. The van der Waals surface area contributed by atoms with Crippen molar-refractivity contribution >= 4 is 33.2 Å². The highest BCUT2D eigenvalue weighted by molar-refractivity contribution is 9.10. The lowest BCUT2D eigenvalue weighted by Crippen LogP contribution is -2.26. The van der Waals surface area contributed by atoms with E-state index in [4.69, 9.17) is 14.2 Å². The summed E-state index contributed by atoms with van der Waals surface area (Å²) in [4.78, 5) is 16.7. The van der Waals surface area contributed by atoms with Crippen LogP contribution in [0.5, 0.6) is 11.5 Å². The first-order valence-electron chi connectivity index (χ1n) is 8.23. The van der Waals surface area contributed by atoms with Gasteiger partial charge in [-0.1, -0.05) is 34.1 Å². The average molecular weight is 448 g/mol. The van der Waals surface area contributed by atoms with E-state index >= 15 is 0 Å². The number of nitrogens with zero attached hydrogens (tertiary/aromatic N) is 1. The third-order valence-corrected chi connectivity index (χ3v) is 5.11. The van der Waals surface area contributed by atoms with E-state index in [0.717, 1.165) is 20.8 Å². The van der Waals surface area contributed by atoms with E-state index in [2.05, 4.69) is 20.9 Å². The smallest absolute Gasteiger partial charge is 0.347 e. The van der Waals surface area contributed by atoms with Gasteiger partial charge in [0, 0.05) is 9.85 Å². The Labute approximate surface area is 170 Å². The molecule has 0 amide bonds. The molecule has 140 valence electrons. The Morgan fingerprint density at radius 1 is 1.22 bits per heavy atom. The van der Waals surface area contributed by atoms with E-state index in [-0.39, 0.29) is 6.61 Å². The second-order valence-corrected chi connectivity index (χ2v) is 7.44. The summed E-state index contributed by atoms with van der Waals surface area (Å²) in [6.07, 6.45) is -0.698. The molecule has 5 nitrogen and oxygen atoms in total. The van der Waals surface area contributed by atoms with Gasteiger partial charge in [-0.3, -0.25) is 0 Å². The zero-order chi connectivity index (χ0) is 19.2. The molecule has 1 unspecified atom stereocenters. The van der Waals surface area contributed by atoms with Crippen LogP contribution in [0.1, 0.15) is 12.6 Å². The molecule has 0 aliphatic rings. The first-order valence-corrected chi connectivity index (χ1v) is 9.90. The molecule has 0 fully saturated rings. The molecule has 2 aromatic carbocycles. The van der Waals surface area contributed by atoms with Crippen molar-refractivity contribution in [3.8, 4) is 22.1 Å². The SMILES string of the molecule is COc1ccc(Br)cc1-c1nc(COC(=O)C(C)Oc2ccccc2)cs1. The summed E-state index contributed by atoms with van der Waals surface area (Å²) in [6.45, 7) is 1.75. The first kappa shape index (κ1) is 19.4. The fourth-order valence-corrected chi connectivity index (χ4v) is 3.54. The molecule has 7 heteroatoms. The van der Waals surface area contributed by atoms with Crippen LogP contribution in [0, 0.1) is 0 Å². The van der Waals surface area contributed by atoms with Gasteiger partial charge in [-0.2, -0.15) is 0 Å². The van der Waals surface area contributed by atoms with E-state index in [1.54, 1.807) is 26.2 Å². The zero-order valence-corrected chi connectivity index (χ0v) is 17.2. The first-order chi connectivity index (χ1) is 13.1. The fraction of sp³-hybridized carbons (Fsp3) is 0.200. The number of benzene rings is 2. The van der Waals surface area contributed by atoms with Gasteiger partial charge in [0.15, 0.2) is 6.10 Å². The summed E-state index contributed by atoms with van der Waals surface area (Å²) in [6, 6.07) is 14.9. The molecule has 0 saturated heterocycles. The topological polar surface area (TPSA) is 57.7 Å². The maximum Gasteiger partial charge on any atom is 0.347 e. The maximum absolute atomic E-state index is 12.1. The van der Waals surface area contributed by atoms with Gasteiger partial charge >= 0.3 is 5.97 Å². The molecule has 0 aliphatic heterocycles. The third-order valence-electron chi connectivity index (χ3n) is 3.69. The van der Waals surface area contributed by atoms with Gasteiger partial charge in [-0.05, 0) is 37.3 Å². The zero-order valence-electron chi connectivity index (χ0n) is 14.8. The van der Waals surface area contributed by atoms with Crippen molar-refractivity contribution in [1.82, 2.24) is 4.98 Å². The highest BCUT2D eigenvalue weighted by Gasteiger charge is 2.17. The number of para-hydroxylation sites is 1. The molecule has 0 radical (unpaired) electrons. The molecule has 1 atom stereocenters. The van der Waals surface area contributed by atoms with E-state index < -0.39 is 12.1 Å². The Morgan fingerprint density at radius 2 is 2.00 bits per heavy atom. The molecule has 3 rings (SSSR count). The minimum atomic E-state index is -0.698. The van der Waals surface area contributed by atoms with E-state index in [0.29, 0.717) is 11.4 Å². The number of methoxy groups -OCH3 is 1. The average Bonchev–Trinajstić information content (AvgIpc) is 3.15. The summed E-state index contributed by atoms with van der Waals surface area (Å²) in [5, 5.41) is 2.67. The number of aromatic nitrogens is 1. The second kappa shape index (κ2) is 9.01. The summed E-state index contributed by atoms with van der Waals surface area (Å²) < 4.78 is 17.2. The Bertz CT molecular complexity index is 913. The quantitative estimate of drug-likeness (QED) is 0.472. The number of ether oxygens (including phenoxy) is 3. The lowest BCUT2D eigenvalue weighted by molar-refractivity contribution is -0.152. The van der Waals surface area contributed by atoms with E-state index in [1.165, 1.54) is 11.3 Å². The predicted molar refractivity (Wildman–Crippen MR) is 108 cm³/mol. The van der Waals surface area contributed by atoms with Crippen LogP contribution < -0.4 is 9.47 Å². The summed E-state index contributed by atoms with van der Waals surface area (Å²) in [5.74, 6) is 0.925. The number of carbonyl (C=O) groups is 1. The van der Waals surface area contributed by atoms with Crippen molar-refractivity contribution in [2.24, 2.45) is 0 Å². The van der Waals surface area contributed by atoms with Gasteiger partial charge in [0.1, 0.15) is 23.1 Å². The number of carbonyl (C=O) groups excluding carboxylic acids is 1. The number of esters is 1. The van der Waals surface area contributed by atoms with Crippen molar-refractivity contribution < 1.29 is 19.0 Å². The lowest BCUT2D eigenvalue weighted by Gasteiger charge is -2.13. The molecular weight excluding hydrogens is 430 g/mol. The van der Waals surface area contributed by atoms with Crippen molar-refractivity contribution in [1.29, 1.82) is 0 Å². The molecule has 0 bridgehead atoms. The van der Waals surface area contributed by atoms with Crippen molar-refractivity contribution in [2.75, 3.05) is 7.11 Å². The normalized spacial score (nSPS) is 11.7. The Morgan fingerprint density at radius 3 is 2.74 bits per heavy atom. The number of rotatable bonds is 7. The number of hydrogen-bond donors (Lipinski definition) is 0. The second-order valence-electron chi connectivity index (χ2n) is 5.67. The van der Waals surface area contributed by atoms with Gasteiger partial charge in [0.25, 0.3) is 0 Å². The molecule has 0 N–H and O–H groups in total. The van der Waals surface area contributed by atoms with Crippen LogP contribution in [0.25, 0.3) is 10.6 Å². The standard InChI is InChI=1S/C20H18BrNO4S/c1-13(26-16-6-4-3-5-7-16)20(23)25-11-15-12-27-19(22-15)17-10-14(21)8-9-18(17)24-2/h3-10,12-13H,11H2,1-2H3. The number of thiazole rings is 1. The van der Waals surface area contributed by atoms with Crippen LogP contribution in [0.15, 0.2) is 58.4 Å². The van der Waals surface area contributed by atoms with Crippen LogP contribution in [0.3, 0.4) is 0 Å². The maximum atomic E-state index is 12.1. The highest BCUT2D eigenvalue weighted by Crippen LogP contribution is 2.34. The Hall–Kier alpha value is -2.38. The fourth-order valence-electron chi connectivity index (χ4n) is 2.36. The van der Waals surface area contributed by atoms with Gasteiger partial charge < -0.3 is 14.2 Å². The lowest BCUT2D eigenvalue weighted by atomic mass is 10.2. The van der Waals surface area contributed by atoms with Gasteiger partial charge in [0.2, 0.25) is 0 Å². The summed E-state index contributed by atoms with van der Waals surface area (Å²) >= 11 is 4.93. The molecule has 27 heavy (non-hydrogen) atoms. The molecule has 1 aromatic heterocycles. The van der Waals surface area contributed by atoms with Crippen LogP contribution in [-0.4, -0.2) is 24.2 Å². The Kier molecular flexibility index (Phi) is 6.47. The molecule has 0 saturated carbocycles. The third kappa shape index (κ3) is 5.08. The molecule has 1 heterocycles. The minimum Gasteiger partial charge on any atom is -0.496 e. The highest BCUT2D eigenvalue weighted by atomic mass is 79.9. The Balaban J connectivity index is 1.61. The van der Waals surface area contributed by atoms with Crippen LogP contribution in [0.2, 0.25) is 0 Å². The number of hydrogen-bond acceptors (Lipinski definition) is 6. The molecular formula is C20H18BrNO4S. The summed E-state index contributed by atoms with van der Waals surface area (Å²) in [5.41, 5.74) is 1.56. The van der Waals surface area contributed by atoms with Crippen LogP contribution >= 0.6 is 27.3 Å². The summed E-state index contributed by atoms with van der Waals surface area (Å²) in [7, 11) is 1.62. The molecule has 0 aliphatic carbocycles. The minimum absolute atomic E-state index is 0.0914. The van der Waals surface area contributed by atoms with Crippen molar-refractivity contribution in [3.05, 3.63) is 64.1 Å². The van der Waals surface area contributed by atoms with Gasteiger partial charge in [-0.15, -0.1) is 11.3 Å². The van der Waals surface area contributed by atoms with Crippen LogP contribution in [-0.2, 0) is 16.1 Å². The van der Waals surface area contributed by atoms with Crippen molar-refractivity contribution in [2.45, 2.75) is 19.6 Å². The van der Waals surface area contributed by atoms with Crippen molar-refractivity contribution in [3.63, 3.8) is 0 Å². The molecule has 3 aromatic rings. The van der Waals surface area contributed by atoms with E-state index in [1.807, 2.05) is 41.8 Å². The van der Waals surface area contributed by atoms with Gasteiger partial charge in [-0.25, -0.2) is 9.78 Å². The van der Waals surface area contributed by atoms with Gasteiger partial charge in [0.05, 0.1) is 18.4 Å². The monoisotopic (exact) mass is 447 g/mol. The van der Waals surface area contributed by atoms with E-state index in [9.17, 15) is 4.79 Å². The number of halogens is 1.